The molecule has 0 aromatic carbocycles. The molecule has 2 rings (SSSR count). The molecule has 1 aliphatic rings. The molecular weight excluding hydrogens is 200 g/mol. The summed E-state index contributed by atoms with van der Waals surface area (Å²) in [5.74, 6) is 0. The Morgan fingerprint density at radius 2 is 2.31 bits per heavy atom. The highest BCUT2D eigenvalue weighted by Gasteiger charge is 2.19. The van der Waals surface area contributed by atoms with Crippen molar-refractivity contribution < 1.29 is 5.11 Å². The van der Waals surface area contributed by atoms with E-state index in [9.17, 15) is 5.11 Å². The minimum atomic E-state index is 0.0758. The molecule has 2 heterocycles. The van der Waals surface area contributed by atoms with Crippen LogP contribution in [0.25, 0.3) is 0 Å². The average Bonchev–Trinajstić information content (AvgIpc) is 2.54. The van der Waals surface area contributed by atoms with Crippen molar-refractivity contribution in [3.63, 3.8) is 0 Å². The van der Waals surface area contributed by atoms with Crippen LogP contribution in [0.4, 0.5) is 5.69 Å². The summed E-state index contributed by atoms with van der Waals surface area (Å²) >= 11 is 0. The second kappa shape index (κ2) is 5.30. The summed E-state index contributed by atoms with van der Waals surface area (Å²) in [7, 11) is 0. The highest BCUT2D eigenvalue weighted by molar-refractivity contribution is 5.52. The first kappa shape index (κ1) is 11.4. The number of rotatable bonds is 2. The molecule has 1 atom stereocenters. The number of aromatic nitrogens is 1. The molecule has 1 aliphatic heterocycles. The number of pyridine rings is 1. The Morgan fingerprint density at radius 1 is 1.44 bits per heavy atom. The van der Waals surface area contributed by atoms with E-state index in [1.165, 1.54) is 25.7 Å². The van der Waals surface area contributed by atoms with Gasteiger partial charge in [0.25, 0.3) is 0 Å². The number of anilines is 1. The maximum atomic E-state index is 9.34. The molecule has 0 radical (unpaired) electrons. The molecule has 1 fully saturated rings. The monoisotopic (exact) mass is 220 g/mol. The number of hydrogen-bond acceptors (Lipinski definition) is 3. The van der Waals surface area contributed by atoms with Gasteiger partial charge in [-0.15, -0.1) is 0 Å². The topological polar surface area (TPSA) is 36.4 Å². The smallest absolute Gasteiger partial charge is 0.0717 e. The summed E-state index contributed by atoms with van der Waals surface area (Å²) in [6.07, 6.45) is 8.71. The van der Waals surface area contributed by atoms with Gasteiger partial charge in [-0.25, -0.2) is 0 Å². The SMILES string of the molecule is CC1CCCCCN1c1ccncc1CO. The Balaban J connectivity index is 2.26. The Labute approximate surface area is 97.1 Å². The second-order valence-corrected chi connectivity index (χ2v) is 4.55. The lowest BCUT2D eigenvalue weighted by atomic mass is 10.1. The summed E-state index contributed by atoms with van der Waals surface area (Å²) < 4.78 is 0. The molecule has 0 saturated carbocycles. The lowest BCUT2D eigenvalue weighted by molar-refractivity contribution is 0.281. The molecule has 1 aromatic heterocycles. The van der Waals surface area contributed by atoms with Gasteiger partial charge in [-0.3, -0.25) is 4.98 Å². The van der Waals surface area contributed by atoms with Crippen molar-refractivity contribution in [2.24, 2.45) is 0 Å². The lowest BCUT2D eigenvalue weighted by Crippen LogP contribution is -2.33. The maximum absolute atomic E-state index is 9.34. The molecule has 0 bridgehead atoms. The van der Waals surface area contributed by atoms with E-state index in [4.69, 9.17) is 0 Å². The van der Waals surface area contributed by atoms with Crippen LogP contribution in [0.5, 0.6) is 0 Å². The van der Waals surface area contributed by atoms with Gasteiger partial charge in [0.15, 0.2) is 0 Å². The number of hydrogen-bond donors (Lipinski definition) is 1. The van der Waals surface area contributed by atoms with Crippen molar-refractivity contribution in [3.8, 4) is 0 Å². The van der Waals surface area contributed by atoms with Crippen molar-refractivity contribution in [3.05, 3.63) is 24.0 Å². The first-order valence-corrected chi connectivity index (χ1v) is 6.13. The Hall–Kier alpha value is -1.09. The third kappa shape index (κ3) is 2.35. The number of nitrogens with zero attached hydrogens (tertiary/aromatic N) is 2. The third-order valence-corrected chi connectivity index (χ3v) is 3.41. The molecule has 0 aliphatic carbocycles. The van der Waals surface area contributed by atoms with E-state index in [-0.39, 0.29) is 6.61 Å². The molecule has 3 nitrogen and oxygen atoms in total. The fourth-order valence-electron chi connectivity index (χ4n) is 2.45. The number of aliphatic hydroxyl groups excluding tert-OH is 1. The fourth-order valence-corrected chi connectivity index (χ4v) is 2.45. The van der Waals surface area contributed by atoms with Crippen LogP contribution in [-0.2, 0) is 6.61 Å². The molecule has 1 aromatic rings. The molecule has 1 N–H and O–H groups in total. The first-order valence-electron chi connectivity index (χ1n) is 6.13. The summed E-state index contributed by atoms with van der Waals surface area (Å²) in [4.78, 5) is 6.49. The van der Waals surface area contributed by atoms with Crippen molar-refractivity contribution >= 4 is 5.69 Å². The van der Waals surface area contributed by atoms with Crippen LogP contribution < -0.4 is 4.90 Å². The van der Waals surface area contributed by atoms with Gasteiger partial charge in [0.2, 0.25) is 0 Å². The van der Waals surface area contributed by atoms with Crippen molar-refractivity contribution in [2.45, 2.75) is 45.3 Å². The van der Waals surface area contributed by atoms with Gasteiger partial charge in [-0.05, 0) is 25.8 Å². The highest BCUT2D eigenvalue weighted by atomic mass is 16.3. The zero-order chi connectivity index (χ0) is 11.4. The van der Waals surface area contributed by atoms with Crippen LogP contribution in [0.2, 0.25) is 0 Å². The van der Waals surface area contributed by atoms with Crippen LogP contribution in [0.1, 0.15) is 38.2 Å². The van der Waals surface area contributed by atoms with Crippen LogP contribution in [0, 0.1) is 0 Å². The van der Waals surface area contributed by atoms with Crippen molar-refractivity contribution in [1.82, 2.24) is 4.98 Å². The van der Waals surface area contributed by atoms with E-state index in [1.54, 1.807) is 6.20 Å². The van der Waals surface area contributed by atoms with Gasteiger partial charge in [0, 0.05) is 36.2 Å². The molecule has 0 spiro atoms. The van der Waals surface area contributed by atoms with Crippen LogP contribution in [0.3, 0.4) is 0 Å². The molecule has 1 saturated heterocycles. The zero-order valence-corrected chi connectivity index (χ0v) is 9.89. The third-order valence-electron chi connectivity index (χ3n) is 3.41. The van der Waals surface area contributed by atoms with E-state index in [2.05, 4.69) is 16.8 Å². The van der Waals surface area contributed by atoms with Crippen LogP contribution in [-0.4, -0.2) is 22.7 Å². The van der Waals surface area contributed by atoms with E-state index < -0.39 is 0 Å². The van der Waals surface area contributed by atoms with Gasteiger partial charge >= 0.3 is 0 Å². The Kier molecular flexibility index (Phi) is 3.78. The zero-order valence-electron chi connectivity index (χ0n) is 9.89. The van der Waals surface area contributed by atoms with E-state index >= 15 is 0 Å². The predicted octanol–water partition coefficient (Wildman–Crippen LogP) is 2.34. The summed E-state index contributed by atoms with van der Waals surface area (Å²) in [5.41, 5.74) is 2.10. The largest absolute Gasteiger partial charge is 0.392 e. The predicted molar refractivity (Wildman–Crippen MR) is 65.4 cm³/mol. The van der Waals surface area contributed by atoms with Gasteiger partial charge < -0.3 is 10.0 Å². The van der Waals surface area contributed by atoms with Crippen molar-refractivity contribution in [1.29, 1.82) is 0 Å². The van der Waals surface area contributed by atoms with Crippen LogP contribution >= 0.6 is 0 Å². The molecule has 0 amide bonds. The number of aliphatic hydroxyl groups is 1. The van der Waals surface area contributed by atoms with Crippen molar-refractivity contribution in [2.75, 3.05) is 11.4 Å². The minimum absolute atomic E-state index is 0.0758. The Bertz CT molecular complexity index is 340. The molecule has 88 valence electrons. The maximum Gasteiger partial charge on any atom is 0.0717 e. The van der Waals surface area contributed by atoms with E-state index in [0.717, 1.165) is 17.8 Å². The highest BCUT2D eigenvalue weighted by Crippen LogP contribution is 2.26. The van der Waals surface area contributed by atoms with Gasteiger partial charge in [-0.1, -0.05) is 12.8 Å². The molecular formula is C13H20N2O. The van der Waals surface area contributed by atoms with Gasteiger partial charge in [0.05, 0.1) is 6.61 Å². The van der Waals surface area contributed by atoms with Crippen LogP contribution in [0.15, 0.2) is 18.5 Å². The molecule has 16 heavy (non-hydrogen) atoms. The normalized spacial score (nSPS) is 21.9. The molecule has 3 heteroatoms. The summed E-state index contributed by atoms with van der Waals surface area (Å²) in [5, 5.41) is 9.34. The standard InChI is InChI=1S/C13H20N2O/c1-11-5-3-2-4-8-15(11)13-6-7-14-9-12(13)10-16/h6-7,9,11,16H,2-5,8,10H2,1H3. The van der Waals surface area contributed by atoms with Gasteiger partial charge in [0.1, 0.15) is 0 Å². The quantitative estimate of drug-likeness (QED) is 0.831. The lowest BCUT2D eigenvalue weighted by Gasteiger charge is -2.30. The van der Waals surface area contributed by atoms with E-state index in [1.807, 2.05) is 12.3 Å². The minimum Gasteiger partial charge on any atom is -0.392 e. The molecule has 1 unspecified atom stereocenters. The fraction of sp³-hybridized carbons (Fsp3) is 0.615. The average molecular weight is 220 g/mol. The summed E-state index contributed by atoms with van der Waals surface area (Å²) in [6, 6.07) is 2.59. The second-order valence-electron chi connectivity index (χ2n) is 4.55. The van der Waals surface area contributed by atoms with Gasteiger partial charge in [-0.2, -0.15) is 0 Å². The Morgan fingerprint density at radius 3 is 3.12 bits per heavy atom. The first-order chi connectivity index (χ1) is 7.83. The van der Waals surface area contributed by atoms with E-state index in [0.29, 0.717) is 6.04 Å². The summed E-state index contributed by atoms with van der Waals surface area (Å²) in [6.45, 7) is 3.44.